The third-order valence-corrected chi connectivity index (χ3v) is 3.19. The molecule has 0 aliphatic carbocycles. The van der Waals surface area contributed by atoms with Gasteiger partial charge in [0.15, 0.2) is 0 Å². The van der Waals surface area contributed by atoms with Crippen molar-refractivity contribution in [3.8, 4) is 5.75 Å². The summed E-state index contributed by atoms with van der Waals surface area (Å²) in [5.41, 5.74) is 2.21. The molecule has 1 aromatic carbocycles. The van der Waals surface area contributed by atoms with Crippen LogP contribution in [0.4, 0.5) is 0 Å². The van der Waals surface area contributed by atoms with Gasteiger partial charge in [0.05, 0.1) is 18.8 Å². The fourth-order valence-corrected chi connectivity index (χ4v) is 1.97. The molecule has 2 aromatic heterocycles. The standard InChI is InChI=1S/C16H14N2O.C2H2O4/c1-19-15-8-5-13(6-9-15)7-10-16-17-12-14-4-2-3-11-18(14)16;3-1(4)2(5)6/h2-12H,1H3;(H,3,4)(H,5,6)/b10-7+;. The normalized spacial score (nSPS) is 10.3. The summed E-state index contributed by atoms with van der Waals surface area (Å²) in [6.45, 7) is 0. The van der Waals surface area contributed by atoms with Crippen LogP contribution in [0, 0.1) is 0 Å². The monoisotopic (exact) mass is 340 g/mol. The first-order valence-electron chi connectivity index (χ1n) is 7.21. The fourth-order valence-electron chi connectivity index (χ4n) is 1.97. The van der Waals surface area contributed by atoms with Crippen molar-refractivity contribution in [2.45, 2.75) is 0 Å². The number of carboxylic acids is 2. The van der Waals surface area contributed by atoms with Gasteiger partial charge in [-0.3, -0.25) is 0 Å². The van der Waals surface area contributed by atoms with Crippen LogP contribution < -0.4 is 4.74 Å². The Balaban J connectivity index is 0.000000326. The van der Waals surface area contributed by atoms with Crippen molar-refractivity contribution in [1.29, 1.82) is 0 Å². The van der Waals surface area contributed by atoms with E-state index in [9.17, 15) is 0 Å². The summed E-state index contributed by atoms with van der Waals surface area (Å²) in [6.07, 6.45) is 7.93. The number of ether oxygens (including phenoxy) is 1. The van der Waals surface area contributed by atoms with Crippen LogP contribution in [0.2, 0.25) is 0 Å². The molecule has 3 aromatic rings. The maximum atomic E-state index is 9.10. The van der Waals surface area contributed by atoms with Crippen LogP contribution in [-0.2, 0) is 9.59 Å². The first kappa shape index (κ1) is 17.7. The molecule has 0 aliphatic rings. The number of methoxy groups -OCH3 is 1. The molecule has 0 saturated heterocycles. The van der Waals surface area contributed by atoms with Crippen molar-refractivity contribution in [2.75, 3.05) is 7.11 Å². The van der Waals surface area contributed by atoms with Crippen LogP contribution in [0.3, 0.4) is 0 Å². The number of pyridine rings is 1. The van der Waals surface area contributed by atoms with Gasteiger partial charge in [-0.1, -0.05) is 24.3 Å². The molecule has 0 spiro atoms. The van der Waals surface area contributed by atoms with Crippen LogP contribution in [0.25, 0.3) is 17.7 Å². The molecule has 128 valence electrons. The second-order valence-corrected chi connectivity index (χ2v) is 4.83. The lowest BCUT2D eigenvalue weighted by Crippen LogP contribution is -2.09. The van der Waals surface area contributed by atoms with E-state index >= 15 is 0 Å². The average molecular weight is 340 g/mol. The van der Waals surface area contributed by atoms with Crippen LogP contribution >= 0.6 is 0 Å². The highest BCUT2D eigenvalue weighted by Gasteiger charge is 2.04. The summed E-state index contributed by atoms with van der Waals surface area (Å²) in [7, 11) is 1.67. The van der Waals surface area contributed by atoms with Gasteiger partial charge < -0.3 is 19.4 Å². The third kappa shape index (κ3) is 4.93. The highest BCUT2D eigenvalue weighted by molar-refractivity contribution is 6.27. The number of imidazole rings is 1. The van der Waals surface area contributed by atoms with Gasteiger partial charge in [0.25, 0.3) is 0 Å². The molecule has 3 rings (SSSR count). The first-order valence-corrected chi connectivity index (χ1v) is 7.21. The zero-order chi connectivity index (χ0) is 18.2. The van der Waals surface area contributed by atoms with Gasteiger partial charge in [0.2, 0.25) is 0 Å². The molecule has 7 nitrogen and oxygen atoms in total. The minimum absolute atomic E-state index is 0.864. The van der Waals surface area contributed by atoms with E-state index < -0.39 is 11.9 Å². The van der Waals surface area contributed by atoms with E-state index in [1.807, 2.05) is 67.0 Å². The number of aliphatic carboxylic acids is 2. The van der Waals surface area contributed by atoms with E-state index in [4.69, 9.17) is 24.5 Å². The van der Waals surface area contributed by atoms with E-state index in [1.165, 1.54) is 0 Å². The number of carbonyl (C=O) groups is 2. The van der Waals surface area contributed by atoms with Gasteiger partial charge in [-0.25, -0.2) is 14.6 Å². The SMILES string of the molecule is COc1ccc(/C=C/c2ncc3ccccn23)cc1.O=C(O)C(=O)O. The lowest BCUT2D eigenvalue weighted by molar-refractivity contribution is -0.159. The van der Waals surface area contributed by atoms with E-state index in [-0.39, 0.29) is 0 Å². The van der Waals surface area contributed by atoms with Crippen molar-refractivity contribution in [3.05, 3.63) is 66.2 Å². The number of hydrogen-bond donors (Lipinski definition) is 2. The summed E-state index contributed by atoms with van der Waals surface area (Å²) >= 11 is 0. The van der Waals surface area contributed by atoms with Gasteiger partial charge in [-0.2, -0.15) is 0 Å². The number of nitrogens with zero attached hydrogens (tertiary/aromatic N) is 2. The predicted octanol–water partition coefficient (Wildman–Crippen LogP) is 2.67. The highest BCUT2D eigenvalue weighted by atomic mass is 16.5. The Bertz CT molecular complexity index is 885. The largest absolute Gasteiger partial charge is 0.497 e. The maximum absolute atomic E-state index is 9.10. The Hall–Kier alpha value is -3.61. The molecular formula is C18H16N2O5. The highest BCUT2D eigenvalue weighted by Crippen LogP contribution is 2.14. The second kappa shape index (κ2) is 8.30. The second-order valence-electron chi connectivity index (χ2n) is 4.83. The maximum Gasteiger partial charge on any atom is 0.414 e. The summed E-state index contributed by atoms with van der Waals surface area (Å²) in [4.78, 5) is 22.6. The molecule has 7 heteroatoms. The zero-order valence-electron chi connectivity index (χ0n) is 13.4. The van der Waals surface area contributed by atoms with Crippen LogP contribution in [-0.4, -0.2) is 38.6 Å². The van der Waals surface area contributed by atoms with Crippen LogP contribution in [0.15, 0.2) is 54.9 Å². The average Bonchev–Trinajstić information content (AvgIpc) is 3.04. The lowest BCUT2D eigenvalue weighted by atomic mass is 10.2. The van der Waals surface area contributed by atoms with E-state index in [0.29, 0.717) is 0 Å². The van der Waals surface area contributed by atoms with Crippen LogP contribution in [0.5, 0.6) is 5.75 Å². The van der Waals surface area contributed by atoms with Crippen molar-refractivity contribution in [2.24, 2.45) is 0 Å². The first-order chi connectivity index (χ1) is 12.0. The summed E-state index contributed by atoms with van der Waals surface area (Å²) in [6, 6.07) is 14.0. The van der Waals surface area contributed by atoms with Crippen molar-refractivity contribution >= 4 is 29.6 Å². The number of rotatable bonds is 3. The Morgan fingerprint density at radius 2 is 1.72 bits per heavy atom. The summed E-state index contributed by atoms with van der Waals surface area (Å²) in [5, 5.41) is 14.8. The van der Waals surface area contributed by atoms with Crippen molar-refractivity contribution < 1.29 is 24.5 Å². The van der Waals surface area contributed by atoms with Gasteiger partial charge in [-0.05, 0) is 35.9 Å². The Morgan fingerprint density at radius 1 is 1.04 bits per heavy atom. The minimum atomic E-state index is -1.82. The predicted molar refractivity (Wildman–Crippen MR) is 92.4 cm³/mol. The van der Waals surface area contributed by atoms with Crippen molar-refractivity contribution in [1.82, 2.24) is 9.38 Å². The van der Waals surface area contributed by atoms with E-state index in [0.717, 1.165) is 22.7 Å². The topological polar surface area (TPSA) is 101 Å². The Morgan fingerprint density at radius 3 is 2.32 bits per heavy atom. The van der Waals surface area contributed by atoms with Gasteiger partial charge in [0.1, 0.15) is 11.6 Å². The Kier molecular flexibility index (Phi) is 5.89. The summed E-state index contributed by atoms with van der Waals surface area (Å²) < 4.78 is 7.19. The molecule has 25 heavy (non-hydrogen) atoms. The lowest BCUT2D eigenvalue weighted by Gasteiger charge is -1.99. The number of benzene rings is 1. The molecule has 0 aliphatic heterocycles. The molecule has 0 amide bonds. The quantitative estimate of drug-likeness (QED) is 0.711. The van der Waals surface area contributed by atoms with Crippen LogP contribution in [0.1, 0.15) is 11.4 Å². The molecule has 0 radical (unpaired) electrons. The van der Waals surface area contributed by atoms with Gasteiger partial charge in [0, 0.05) is 6.20 Å². The number of aromatic nitrogens is 2. The van der Waals surface area contributed by atoms with Gasteiger partial charge in [-0.15, -0.1) is 0 Å². The summed E-state index contributed by atoms with van der Waals surface area (Å²) in [5.74, 6) is -1.86. The molecule has 0 saturated carbocycles. The molecule has 2 N–H and O–H groups in total. The minimum Gasteiger partial charge on any atom is -0.497 e. The molecule has 0 bridgehead atoms. The molecule has 0 unspecified atom stereocenters. The fraction of sp³-hybridized carbons (Fsp3) is 0.0556. The Labute approximate surface area is 143 Å². The molecule has 2 heterocycles. The van der Waals surface area contributed by atoms with Crippen molar-refractivity contribution in [3.63, 3.8) is 0 Å². The number of hydrogen-bond acceptors (Lipinski definition) is 4. The molecular weight excluding hydrogens is 324 g/mol. The number of fused-ring (bicyclic) bond motifs is 1. The smallest absolute Gasteiger partial charge is 0.414 e. The zero-order valence-corrected chi connectivity index (χ0v) is 13.4. The van der Waals surface area contributed by atoms with E-state index in [1.54, 1.807) is 7.11 Å². The number of carboxylic acid groups (broad SMARTS) is 2. The molecule has 0 fully saturated rings. The third-order valence-electron chi connectivity index (χ3n) is 3.19. The molecule has 0 atom stereocenters. The van der Waals surface area contributed by atoms with E-state index in [2.05, 4.69) is 9.38 Å². The van der Waals surface area contributed by atoms with Gasteiger partial charge >= 0.3 is 11.9 Å².